The minimum Gasteiger partial charge on any atom is -0.383 e. The number of methoxy groups -OCH3 is 1. The van der Waals surface area contributed by atoms with Crippen molar-refractivity contribution in [3.63, 3.8) is 0 Å². The first-order chi connectivity index (χ1) is 10.7. The van der Waals surface area contributed by atoms with Gasteiger partial charge in [-0.2, -0.15) is 0 Å². The van der Waals surface area contributed by atoms with Crippen LogP contribution in [0.5, 0.6) is 0 Å². The Morgan fingerprint density at radius 3 is 3.00 bits per heavy atom. The third-order valence-electron chi connectivity index (χ3n) is 2.51. The molecule has 1 aromatic heterocycles. The van der Waals surface area contributed by atoms with Crippen molar-refractivity contribution in [3.05, 3.63) is 24.3 Å². The van der Waals surface area contributed by atoms with E-state index in [0.29, 0.717) is 18.3 Å². The molecule has 1 aromatic carbocycles. The Kier molecular flexibility index (Phi) is 6.84. The van der Waals surface area contributed by atoms with E-state index in [1.54, 1.807) is 18.4 Å². The number of hydrogen-bond acceptors (Lipinski definition) is 6. The highest BCUT2D eigenvalue weighted by Crippen LogP contribution is 2.28. The molecule has 0 aliphatic carbocycles. The number of hydrazine groups is 1. The van der Waals surface area contributed by atoms with Crippen LogP contribution in [0.25, 0.3) is 10.2 Å². The number of fused-ring (bicyclic) bond motifs is 1. The number of carbonyl (C=O) groups is 1. The van der Waals surface area contributed by atoms with Gasteiger partial charge in [0.05, 0.1) is 22.6 Å². The number of aromatic nitrogens is 1. The van der Waals surface area contributed by atoms with Crippen LogP contribution in [0.3, 0.4) is 0 Å². The number of thiazole rings is 1. The lowest BCUT2D eigenvalue weighted by atomic mass is 10.3. The molecule has 0 saturated heterocycles. The summed E-state index contributed by atoms with van der Waals surface area (Å²) in [6.07, 6.45) is 0. The van der Waals surface area contributed by atoms with Gasteiger partial charge in [0.2, 0.25) is 5.91 Å². The zero-order valence-corrected chi connectivity index (χ0v) is 14.4. The number of nitrogens with zero attached hydrogens (tertiary/aromatic N) is 1. The fourth-order valence-electron chi connectivity index (χ4n) is 1.51. The maximum Gasteiger partial charge on any atom is 0.248 e. The van der Waals surface area contributed by atoms with E-state index >= 15 is 0 Å². The molecule has 0 aliphatic heterocycles. The molecule has 2 rings (SSSR count). The highest BCUT2D eigenvalue weighted by atomic mass is 32.2. The van der Waals surface area contributed by atoms with Crippen molar-refractivity contribution >= 4 is 56.6 Å². The lowest BCUT2D eigenvalue weighted by Crippen LogP contribution is -2.48. The normalized spacial score (nSPS) is 10.4. The number of benzene rings is 1. The van der Waals surface area contributed by atoms with Crippen LogP contribution in [0.2, 0.25) is 0 Å². The summed E-state index contributed by atoms with van der Waals surface area (Å²) in [7, 11) is 1.61. The number of nitrogens with one attached hydrogen (secondary N) is 3. The molecule has 3 N–H and O–H groups in total. The Bertz CT molecular complexity index is 614. The van der Waals surface area contributed by atoms with Crippen LogP contribution < -0.4 is 16.2 Å². The Balaban J connectivity index is 1.70. The highest BCUT2D eigenvalue weighted by Gasteiger charge is 2.07. The second kappa shape index (κ2) is 8.89. The first-order valence-electron chi connectivity index (χ1n) is 6.49. The smallest absolute Gasteiger partial charge is 0.248 e. The molecule has 6 nitrogen and oxygen atoms in total. The summed E-state index contributed by atoms with van der Waals surface area (Å²) in [6.45, 7) is 1.13. The zero-order valence-electron chi connectivity index (χ0n) is 11.9. The Morgan fingerprint density at radius 2 is 2.23 bits per heavy atom. The summed E-state index contributed by atoms with van der Waals surface area (Å²) in [6, 6.07) is 7.90. The Labute approximate surface area is 142 Å². The van der Waals surface area contributed by atoms with Gasteiger partial charge in [0.1, 0.15) is 0 Å². The van der Waals surface area contributed by atoms with Gasteiger partial charge in [0.25, 0.3) is 0 Å². The van der Waals surface area contributed by atoms with Crippen LogP contribution in [0.4, 0.5) is 0 Å². The summed E-state index contributed by atoms with van der Waals surface area (Å²) < 4.78 is 6.87. The van der Waals surface area contributed by atoms with Crippen LogP contribution in [0, 0.1) is 0 Å². The monoisotopic (exact) mass is 356 g/mol. The Hall–Kier alpha value is -1.42. The topological polar surface area (TPSA) is 75.3 Å². The number of hydrogen-bond donors (Lipinski definition) is 3. The molecule has 0 saturated carbocycles. The van der Waals surface area contributed by atoms with Crippen molar-refractivity contribution in [3.8, 4) is 0 Å². The van der Waals surface area contributed by atoms with Gasteiger partial charge in [0.15, 0.2) is 9.45 Å². The molecule has 118 valence electrons. The van der Waals surface area contributed by atoms with Crippen LogP contribution in [0.15, 0.2) is 28.6 Å². The number of amides is 1. The summed E-state index contributed by atoms with van der Waals surface area (Å²) in [5.41, 5.74) is 6.13. The van der Waals surface area contributed by atoms with Crippen molar-refractivity contribution in [1.29, 1.82) is 0 Å². The second-order valence-electron chi connectivity index (χ2n) is 4.16. The molecule has 0 spiro atoms. The number of thioether (sulfide) groups is 1. The largest absolute Gasteiger partial charge is 0.383 e. The van der Waals surface area contributed by atoms with Crippen LogP contribution in [0.1, 0.15) is 0 Å². The summed E-state index contributed by atoms with van der Waals surface area (Å²) >= 11 is 7.97. The van der Waals surface area contributed by atoms with E-state index in [0.717, 1.165) is 14.6 Å². The number of thiocarbonyl (C=S) groups is 1. The molecule has 0 fully saturated rings. The molecule has 0 radical (unpaired) electrons. The zero-order chi connectivity index (χ0) is 15.8. The van der Waals surface area contributed by atoms with E-state index in [4.69, 9.17) is 17.0 Å². The fourth-order valence-corrected chi connectivity index (χ4v) is 3.53. The van der Waals surface area contributed by atoms with E-state index in [1.165, 1.54) is 11.8 Å². The van der Waals surface area contributed by atoms with Crippen molar-refractivity contribution < 1.29 is 9.53 Å². The van der Waals surface area contributed by atoms with Crippen LogP contribution in [-0.2, 0) is 9.53 Å². The van der Waals surface area contributed by atoms with Gasteiger partial charge in [-0.3, -0.25) is 15.6 Å². The second-order valence-corrected chi connectivity index (χ2v) is 6.82. The first-order valence-corrected chi connectivity index (χ1v) is 8.70. The van der Waals surface area contributed by atoms with Gasteiger partial charge in [-0.1, -0.05) is 23.9 Å². The maximum absolute atomic E-state index is 11.7. The van der Waals surface area contributed by atoms with Gasteiger partial charge >= 0.3 is 0 Å². The fraction of sp³-hybridized carbons (Fsp3) is 0.308. The molecule has 1 amide bonds. The predicted molar refractivity (Wildman–Crippen MR) is 94.1 cm³/mol. The third kappa shape index (κ3) is 5.41. The van der Waals surface area contributed by atoms with Gasteiger partial charge in [-0.15, -0.1) is 11.3 Å². The molecule has 0 bridgehead atoms. The average Bonchev–Trinajstić information content (AvgIpc) is 2.94. The number of rotatable bonds is 6. The number of carbonyl (C=O) groups excluding carboxylic acids is 1. The summed E-state index contributed by atoms with van der Waals surface area (Å²) in [5.74, 6) is 0.105. The maximum atomic E-state index is 11.7. The van der Waals surface area contributed by atoms with E-state index in [9.17, 15) is 4.79 Å². The van der Waals surface area contributed by atoms with Gasteiger partial charge in [-0.05, 0) is 24.4 Å². The molecule has 0 unspecified atom stereocenters. The number of para-hydroxylation sites is 1. The molecule has 9 heteroatoms. The van der Waals surface area contributed by atoms with Gasteiger partial charge in [0, 0.05) is 13.7 Å². The van der Waals surface area contributed by atoms with Crippen LogP contribution >= 0.6 is 35.3 Å². The van der Waals surface area contributed by atoms with Gasteiger partial charge in [-0.25, -0.2) is 4.98 Å². The van der Waals surface area contributed by atoms with Gasteiger partial charge < -0.3 is 10.1 Å². The standard InChI is InChI=1S/C13H16N4O2S3/c1-19-7-6-14-12(20)17-16-11(18)8-21-13-15-9-4-2-3-5-10(9)22-13/h2-5H,6-8H2,1H3,(H,16,18)(H2,14,17,20). The van der Waals surface area contributed by atoms with Crippen molar-refractivity contribution in [2.75, 3.05) is 26.0 Å². The lowest BCUT2D eigenvalue weighted by Gasteiger charge is -2.10. The van der Waals surface area contributed by atoms with Crippen molar-refractivity contribution in [2.45, 2.75) is 4.34 Å². The summed E-state index contributed by atoms with van der Waals surface area (Å²) in [4.78, 5) is 16.2. The minimum absolute atomic E-state index is 0.167. The van der Waals surface area contributed by atoms with Crippen molar-refractivity contribution in [1.82, 2.24) is 21.2 Å². The van der Waals surface area contributed by atoms with Crippen molar-refractivity contribution in [2.24, 2.45) is 0 Å². The average molecular weight is 356 g/mol. The number of ether oxygens (including phenoxy) is 1. The summed E-state index contributed by atoms with van der Waals surface area (Å²) in [5, 5.41) is 3.25. The minimum atomic E-state index is -0.167. The SMILES string of the molecule is COCCNC(=S)NNC(=O)CSc1nc2ccccc2s1. The molecule has 0 aliphatic rings. The van der Waals surface area contributed by atoms with E-state index < -0.39 is 0 Å². The highest BCUT2D eigenvalue weighted by molar-refractivity contribution is 8.01. The molecule has 0 atom stereocenters. The molecule has 22 heavy (non-hydrogen) atoms. The van der Waals surface area contributed by atoms with E-state index in [2.05, 4.69) is 21.2 Å². The quantitative estimate of drug-likeness (QED) is 0.314. The molecule has 2 aromatic rings. The predicted octanol–water partition coefficient (Wildman–Crippen LogP) is 1.53. The van der Waals surface area contributed by atoms with E-state index in [-0.39, 0.29) is 11.7 Å². The molecule has 1 heterocycles. The first kappa shape index (κ1) is 16.9. The lowest BCUT2D eigenvalue weighted by molar-refractivity contribution is -0.119. The Morgan fingerprint density at radius 1 is 1.41 bits per heavy atom. The molecular formula is C13H16N4O2S3. The molecular weight excluding hydrogens is 340 g/mol. The van der Waals surface area contributed by atoms with E-state index in [1.807, 2.05) is 24.3 Å². The third-order valence-corrected chi connectivity index (χ3v) is 4.93. The van der Waals surface area contributed by atoms with Crippen LogP contribution in [-0.4, -0.2) is 42.0 Å².